The number of hydrogen-bond donors (Lipinski definition) is 0. The van der Waals surface area contributed by atoms with Crippen molar-refractivity contribution in [1.29, 1.82) is 0 Å². The average molecular weight is 312 g/mol. The molecule has 1 rings (SSSR count). The van der Waals surface area contributed by atoms with Gasteiger partial charge in [0.25, 0.3) is 0 Å². The van der Waals surface area contributed by atoms with Gasteiger partial charge in [-0.25, -0.2) is 0 Å². The molecule has 4 nitrogen and oxygen atoms in total. The Hall–Kier alpha value is -1.12. The molecule has 0 spiro atoms. The zero-order valence-electron chi connectivity index (χ0n) is 13.2. The van der Waals surface area contributed by atoms with Gasteiger partial charge in [-0.1, -0.05) is 32.0 Å². The van der Waals surface area contributed by atoms with Crippen LogP contribution in [0.3, 0.4) is 0 Å². The van der Waals surface area contributed by atoms with Crippen LogP contribution < -0.4 is 4.52 Å². The molecule has 0 saturated heterocycles. The van der Waals surface area contributed by atoms with Gasteiger partial charge in [-0.3, -0.25) is 4.79 Å². The predicted molar refractivity (Wildman–Crippen MR) is 85.6 cm³/mol. The zero-order valence-corrected chi connectivity index (χ0v) is 14.2. The topological polar surface area (TPSA) is 44.8 Å². The van der Waals surface area contributed by atoms with Gasteiger partial charge in [0, 0.05) is 0 Å². The molecule has 0 heterocycles. The molecule has 2 atom stereocenters. The summed E-state index contributed by atoms with van der Waals surface area (Å²) in [4.78, 5) is 12.0. The van der Waals surface area contributed by atoms with E-state index < -0.39 is 5.41 Å². The summed E-state index contributed by atoms with van der Waals surface area (Å²) in [7, 11) is -0.102. The molecule has 0 amide bonds. The van der Waals surface area contributed by atoms with E-state index in [0.717, 1.165) is 18.6 Å². The van der Waals surface area contributed by atoms with E-state index in [9.17, 15) is 4.79 Å². The number of esters is 1. The molecule has 0 aliphatic heterocycles. The van der Waals surface area contributed by atoms with Crippen LogP contribution in [-0.4, -0.2) is 18.7 Å². The predicted octanol–water partition coefficient (Wildman–Crippen LogP) is 4.35. The third-order valence-corrected chi connectivity index (χ3v) is 4.00. The molecule has 0 fully saturated rings. The van der Waals surface area contributed by atoms with Gasteiger partial charge in [0.1, 0.15) is 11.9 Å². The normalized spacial score (nSPS) is 13.3. The molecule has 0 saturated carbocycles. The van der Waals surface area contributed by atoms with E-state index in [0.29, 0.717) is 6.61 Å². The van der Waals surface area contributed by atoms with Crippen molar-refractivity contribution in [3.63, 3.8) is 0 Å². The lowest BCUT2D eigenvalue weighted by molar-refractivity contribution is -0.161. The number of carbonyl (C=O) groups is 1. The Morgan fingerprint density at radius 3 is 2.48 bits per heavy atom. The molecular formula is C16H25O4P. The van der Waals surface area contributed by atoms with Crippen molar-refractivity contribution in [2.24, 2.45) is 5.41 Å². The largest absolute Gasteiger partial charge is 0.460 e. The van der Waals surface area contributed by atoms with E-state index >= 15 is 0 Å². The maximum atomic E-state index is 12.0. The Labute approximate surface area is 129 Å². The molecule has 1 aromatic carbocycles. The van der Waals surface area contributed by atoms with Gasteiger partial charge in [-0.15, -0.1) is 0 Å². The fourth-order valence-corrected chi connectivity index (χ4v) is 1.93. The molecule has 0 aliphatic rings. The van der Waals surface area contributed by atoms with Crippen molar-refractivity contribution in [2.75, 3.05) is 6.61 Å². The highest BCUT2D eigenvalue weighted by atomic mass is 31.1. The van der Waals surface area contributed by atoms with Gasteiger partial charge in [0.05, 0.1) is 12.0 Å². The van der Waals surface area contributed by atoms with E-state index in [1.807, 2.05) is 58.0 Å². The average Bonchev–Trinajstić information content (AvgIpc) is 2.51. The van der Waals surface area contributed by atoms with Crippen LogP contribution in [0.5, 0.6) is 5.75 Å². The van der Waals surface area contributed by atoms with E-state index in [4.69, 9.17) is 13.8 Å². The number of para-hydroxylation sites is 1. The van der Waals surface area contributed by atoms with E-state index in [1.54, 1.807) is 0 Å². The van der Waals surface area contributed by atoms with Crippen molar-refractivity contribution in [3.8, 4) is 5.75 Å². The number of hydrogen-bond acceptors (Lipinski definition) is 4. The Kier molecular flexibility index (Phi) is 7.69. The van der Waals surface area contributed by atoms with Crippen LogP contribution >= 0.6 is 9.03 Å². The van der Waals surface area contributed by atoms with Crippen LogP contribution in [0.4, 0.5) is 0 Å². The van der Waals surface area contributed by atoms with E-state index in [2.05, 4.69) is 0 Å². The van der Waals surface area contributed by atoms with Gasteiger partial charge in [0.2, 0.25) is 9.03 Å². The van der Waals surface area contributed by atoms with Gasteiger partial charge in [-0.2, -0.15) is 0 Å². The maximum absolute atomic E-state index is 12.0. The highest BCUT2D eigenvalue weighted by Crippen LogP contribution is 2.24. The van der Waals surface area contributed by atoms with Gasteiger partial charge in [-0.05, 0) is 38.8 Å². The molecule has 1 aromatic rings. The van der Waals surface area contributed by atoms with E-state index in [-0.39, 0.29) is 21.1 Å². The van der Waals surface area contributed by atoms with Gasteiger partial charge in [0.15, 0.2) is 0 Å². The fourth-order valence-electron chi connectivity index (χ4n) is 1.38. The Bertz CT molecular complexity index is 420. The van der Waals surface area contributed by atoms with Crippen molar-refractivity contribution in [2.45, 2.75) is 46.6 Å². The summed E-state index contributed by atoms with van der Waals surface area (Å²) < 4.78 is 16.4. The molecule has 5 heteroatoms. The first-order valence-electron chi connectivity index (χ1n) is 7.29. The third kappa shape index (κ3) is 6.45. The van der Waals surface area contributed by atoms with Crippen LogP contribution in [0, 0.1) is 5.41 Å². The molecular weight excluding hydrogens is 287 g/mol. The maximum Gasteiger partial charge on any atom is 0.311 e. The third-order valence-electron chi connectivity index (χ3n) is 3.40. The molecule has 0 aromatic heterocycles. The Balaban J connectivity index is 2.30. The van der Waals surface area contributed by atoms with Crippen molar-refractivity contribution < 1.29 is 18.6 Å². The summed E-state index contributed by atoms with van der Waals surface area (Å²) in [6, 6.07) is 9.49. The summed E-state index contributed by atoms with van der Waals surface area (Å²) in [5.41, 5.74) is -0.448. The smallest absolute Gasteiger partial charge is 0.311 e. The van der Waals surface area contributed by atoms with Crippen LogP contribution in [0.15, 0.2) is 30.3 Å². The zero-order chi connectivity index (χ0) is 15.7. The first-order valence-corrected chi connectivity index (χ1v) is 8.11. The standard InChI is InChI=1S/C16H25O4P/c1-5-13(19-15(17)16(3,4)6-2)12-18-21-20-14-10-8-7-9-11-14/h7-11,13,21H,5-6,12H2,1-4H3. The molecule has 0 aliphatic carbocycles. The molecule has 0 bridgehead atoms. The lowest BCUT2D eigenvalue weighted by Crippen LogP contribution is -2.31. The molecule has 21 heavy (non-hydrogen) atoms. The first-order chi connectivity index (χ1) is 9.99. The monoisotopic (exact) mass is 312 g/mol. The number of ether oxygens (including phenoxy) is 1. The molecule has 2 unspecified atom stereocenters. The second kappa shape index (κ2) is 9.01. The van der Waals surface area contributed by atoms with Crippen molar-refractivity contribution >= 4 is 15.0 Å². The first kappa shape index (κ1) is 17.9. The lowest BCUT2D eigenvalue weighted by atomic mass is 9.90. The number of carbonyl (C=O) groups excluding carboxylic acids is 1. The molecule has 118 valence electrons. The van der Waals surface area contributed by atoms with Crippen LogP contribution in [0.2, 0.25) is 0 Å². The highest BCUT2D eigenvalue weighted by Gasteiger charge is 2.29. The highest BCUT2D eigenvalue weighted by molar-refractivity contribution is 7.26. The molecule has 0 radical (unpaired) electrons. The second-order valence-corrected chi connectivity index (χ2v) is 6.14. The number of rotatable bonds is 9. The second-order valence-electron chi connectivity index (χ2n) is 5.48. The lowest BCUT2D eigenvalue weighted by Gasteiger charge is -2.24. The minimum Gasteiger partial charge on any atom is -0.460 e. The summed E-state index contributed by atoms with van der Waals surface area (Å²) in [5, 5.41) is 0. The van der Waals surface area contributed by atoms with E-state index in [1.165, 1.54) is 0 Å². The minimum absolute atomic E-state index is 0.102. The summed E-state index contributed by atoms with van der Waals surface area (Å²) in [6.07, 6.45) is 1.25. The SMILES string of the molecule is CCC(COPOc1ccccc1)OC(=O)C(C)(C)CC. The van der Waals surface area contributed by atoms with Crippen LogP contribution in [0.25, 0.3) is 0 Å². The summed E-state index contributed by atoms with van der Waals surface area (Å²) >= 11 is 0. The Morgan fingerprint density at radius 2 is 1.90 bits per heavy atom. The number of benzene rings is 1. The van der Waals surface area contributed by atoms with Crippen LogP contribution in [0.1, 0.15) is 40.5 Å². The quantitative estimate of drug-likeness (QED) is 0.386. The van der Waals surface area contributed by atoms with Crippen molar-refractivity contribution in [3.05, 3.63) is 30.3 Å². The minimum atomic E-state index is -0.448. The Morgan fingerprint density at radius 1 is 1.24 bits per heavy atom. The van der Waals surface area contributed by atoms with Gasteiger partial charge >= 0.3 is 5.97 Å². The summed E-state index contributed by atoms with van der Waals surface area (Å²) in [5.74, 6) is 0.598. The van der Waals surface area contributed by atoms with Crippen molar-refractivity contribution in [1.82, 2.24) is 0 Å². The van der Waals surface area contributed by atoms with Gasteiger partial charge < -0.3 is 13.8 Å². The van der Waals surface area contributed by atoms with Crippen LogP contribution in [-0.2, 0) is 14.1 Å². The fraction of sp³-hybridized carbons (Fsp3) is 0.562. The summed E-state index contributed by atoms with van der Waals surface area (Å²) in [6.45, 7) is 8.09. The molecule has 0 N–H and O–H groups in total.